The number of aromatic carboxylic acids is 1. The molecule has 1 aromatic carbocycles. The van der Waals surface area contributed by atoms with E-state index in [1.807, 2.05) is 24.6 Å². The Bertz CT molecular complexity index is 1270. The number of hydrogen-bond donors (Lipinski definition) is 1. The SMILES string of the molecule is COc1cc(Oc2ccc3nc(COc4cccc(C(=O)O)c4)n(C)c3n2)cc(C)n1. The van der Waals surface area contributed by atoms with Crippen LogP contribution in [0.1, 0.15) is 21.9 Å². The molecule has 0 aliphatic heterocycles. The minimum absolute atomic E-state index is 0.160. The molecule has 0 bridgehead atoms. The minimum atomic E-state index is -1.01. The van der Waals surface area contributed by atoms with Crippen molar-refractivity contribution in [2.75, 3.05) is 7.11 Å². The summed E-state index contributed by atoms with van der Waals surface area (Å²) in [7, 11) is 3.38. The summed E-state index contributed by atoms with van der Waals surface area (Å²) in [4.78, 5) is 24.5. The van der Waals surface area contributed by atoms with Crippen molar-refractivity contribution in [1.29, 1.82) is 0 Å². The highest BCUT2D eigenvalue weighted by atomic mass is 16.5. The average molecular weight is 420 g/mol. The van der Waals surface area contributed by atoms with Gasteiger partial charge in [-0.15, -0.1) is 0 Å². The molecule has 0 unspecified atom stereocenters. The number of carboxylic acids is 1. The van der Waals surface area contributed by atoms with Gasteiger partial charge in [-0.3, -0.25) is 0 Å². The van der Waals surface area contributed by atoms with Crippen LogP contribution in [0.25, 0.3) is 11.2 Å². The molecule has 9 heteroatoms. The summed E-state index contributed by atoms with van der Waals surface area (Å²) < 4.78 is 18.6. The third-order valence-electron chi connectivity index (χ3n) is 4.57. The summed E-state index contributed by atoms with van der Waals surface area (Å²) in [5, 5.41) is 9.11. The van der Waals surface area contributed by atoms with Crippen molar-refractivity contribution in [2.24, 2.45) is 7.05 Å². The highest BCUT2D eigenvalue weighted by Gasteiger charge is 2.13. The quantitative estimate of drug-likeness (QED) is 0.482. The molecule has 1 N–H and O–H groups in total. The third kappa shape index (κ3) is 4.40. The number of hydrogen-bond acceptors (Lipinski definition) is 7. The van der Waals surface area contributed by atoms with Crippen molar-refractivity contribution in [3.63, 3.8) is 0 Å². The molecule has 0 spiro atoms. The summed E-state index contributed by atoms with van der Waals surface area (Å²) in [6, 6.07) is 13.3. The molecule has 0 amide bonds. The zero-order valence-electron chi connectivity index (χ0n) is 17.2. The second-order valence-electron chi connectivity index (χ2n) is 6.79. The van der Waals surface area contributed by atoms with E-state index < -0.39 is 5.97 Å². The molecule has 31 heavy (non-hydrogen) atoms. The molecular formula is C22H20N4O5. The second kappa shape index (κ2) is 8.31. The van der Waals surface area contributed by atoms with Crippen LogP contribution in [0, 0.1) is 6.92 Å². The van der Waals surface area contributed by atoms with E-state index in [1.165, 1.54) is 12.1 Å². The molecule has 0 aliphatic carbocycles. The maximum absolute atomic E-state index is 11.1. The third-order valence-corrected chi connectivity index (χ3v) is 4.57. The first-order valence-electron chi connectivity index (χ1n) is 9.42. The van der Waals surface area contributed by atoms with Crippen LogP contribution in [0.2, 0.25) is 0 Å². The Morgan fingerprint density at radius 1 is 1.03 bits per heavy atom. The van der Waals surface area contributed by atoms with Gasteiger partial charge in [-0.05, 0) is 31.2 Å². The Kier molecular flexibility index (Phi) is 5.40. The number of ether oxygens (including phenoxy) is 3. The zero-order valence-corrected chi connectivity index (χ0v) is 17.2. The maximum Gasteiger partial charge on any atom is 0.335 e. The smallest absolute Gasteiger partial charge is 0.335 e. The molecule has 0 saturated heterocycles. The monoisotopic (exact) mass is 420 g/mol. The lowest BCUT2D eigenvalue weighted by Crippen LogP contribution is -2.04. The van der Waals surface area contributed by atoms with Gasteiger partial charge in [-0.1, -0.05) is 6.07 Å². The lowest BCUT2D eigenvalue weighted by atomic mass is 10.2. The van der Waals surface area contributed by atoms with Gasteiger partial charge in [-0.2, -0.15) is 4.98 Å². The number of pyridine rings is 2. The lowest BCUT2D eigenvalue weighted by Gasteiger charge is -2.08. The summed E-state index contributed by atoms with van der Waals surface area (Å²) in [5.41, 5.74) is 2.25. The predicted octanol–water partition coefficient (Wildman–Crippen LogP) is 3.75. The zero-order chi connectivity index (χ0) is 22.0. The molecule has 0 saturated carbocycles. The Morgan fingerprint density at radius 2 is 1.87 bits per heavy atom. The first-order valence-corrected chi connectivity index (χ1v) is 9.42. The van der Waals surface area contributed by atoms with Crippen molar-refractivity contribution in [3.8, 4) is 23.3 Å². The van der Waals surface area contributed by atoms with Gasteiger partial charge in [0.15, 0.2) is 5.65 Å². The Balaban J connectivity index is 1.55. The van der Waals surface area contributed by atoms with Crippen LogP contribution in [0.4, 0.5) is 0 Å². The average Bonchev–Trinajstić information content (AvgIpc) is 3.07. The number of carbonyl (C=O) groups is 1. The highest BCUT2D eigenvalue weighted by molar-refractivity contribution is 5.88. The fraction of sp³-hybridized carbons (Fsp3) is 0.182. The summed E-state index contributed by atoms with van der Waals surface area (Å²) in [6.45, 7) is 2.01. The lowest BCUT2D eigenvalue weighted by molar-refractivity contribution is 0.0696. The van der Waals surface area contributed by atoms with Gasteiger partial charge in [0.05, 0.1) is 12.7 Å². The van der Waals surface area contributed by atoms with E-state index in [9.17, 15) is 4.79 Å². The molecule has 3 heterocycles. The van der Waals surface area contributed by atoms with Crippen LogP contribution in [-0.4, -0.2) is 37.7 Å². The molecule has 0 fully saturated rings. The van der Waals surface area contributed by atoms with E-state index in [1.54, 1.807) is 37.4 Å². The number of rotatable bonds is 7. The van der Waals surface area contributed by atoms with Crippen LogP contribution in [0.5, 0.6) is 23.3 Å². The van der Waals surface area contributed by atoms with Crippen molar-refractivity contribution in [1.82, 2.24) is 19.5 Å². The van der Waals surface area contributed by atoms with Crippen molar-refractivity contribution < 1.29 is 24.1 Å². The van der Waals surface area contributed by atoms with E-state index in [2.05, 4.69) is 15.0 Å². The number of carboxylic acid groups (broad SMARTS) is 1. The Morgan fingerprint density at radius 3 is 2.65 bits per heavy atom. The largest absolute Gasteiger partial charge is 0.486 e. The molecule has 0 aliphatic rings. The van der Waals surface area contributed by atoms with Crippen molar-refractivity contribution >= 4 is 17.1 Å². The number of fused-ring (bicyclic) bond motifs is 1. The van der Waals surface area contributed by atoms with Gasteiger partial charge in [-0.25, -0.2) is 14.8 Å². The van der Waals surface area contributed by atoms with Gasteiger partial charge in [0.25, 0.3) is 0 Å². The van der Waals surface area contributed by atoms with Gasteiger partial charge in [0.2, 0.25) is 11.8 Å². The summed E-state index contributed by atoms with van der Waals surface area (Å²) in [5.74, 6) is 1.52. The van der Waals surface area contributed by atoms with Crippen molar-refractivity contribution in [2.45, 2.75) is 13.5 Å². The number of aryl methyl sites for hydroxylation is 2. The Labute approximate surface area is 177 Å². The summed E-state index contributed by atoms with van der Waals surface area (Å²) in [6.07, 6.45) is 0. The Hall–Kier alpha value is -4.14. The first-order chi connectivity index (χ1) is 14.9. The van der Waals surface area contributed by atoms with Gasteiger partial charge < -0.3 is 23.9 Å². The molecule has 3 aromatic heterocycles. The van der Waals surface area contributed by atoms with Crippen LogP contribution >= 0.6 is 0 Å². The fourth-order valence-electron chi connectivity index (χ4n) is 3.04. The first kappa shape index (κ1) is 20.1. The molecule has 158 valence electrons. The number of methoxy groups -OCH3 is 1. The molecular weight excluding hydrogens is 400 g/mol. The van der Waals surface area contributed by atoms with Crippen LogP contribution in [0.3, 0.4) is 0 Å². The molecule has 9 nitrogen and oxygen atoms in total. The van der Waals surface area contributed by atoms with Gasteiger partial charge in [0, 0.05) is 30.9 Å². The normalized spacial score (nSPS) is 10.8. The second-order valence-corrected chi connectivity index (χ2v) is 6.79. The molecule has 4 aromatic rings. The van der Waals surface area contributed by atoms with E-state index in [-0.39, 0.29) is 12.2 Å². The molecule has 4 rings (SSSR count). The highest BCUT2D eigenvalue weighted by Crippen LogP contribution is 2.26. The summed E-state index contributed by atoms with van der Waals surface area (Å²) >= 11 is 0. The fourth-order valence-corrected chi connectivity index (χ4v) is 3.04. The van der Waals surface area contributed by atoms with Gasteiger partial charge >= 0.3 is 5.97 Å². The van der Waals surface area contributed by atoms with Gasteiger partial charge in [0.1, 0.15) is 29.4 Å². The maximum atomic E-state index is 11.1. The van der Waals surface area contributed by atoms with Crippen LogP contribution in [-0.2, 0) is 13.7 Å². The minimum Gasteiger partial charge on any atom is -0.486 e. The molecule has 0 atom stereocenters. The van der Waals surface area contributed by atoms with E-state index in [0.717, 1.165) is 5.69 Å². The van der Waals surface area contributed by atoms with Crippen molar-refractivity contribution in [3.05, 3.63) is 65.6 Å². The number of nitrogens with zero attached hydrogens (tertiary/aromatic N) is 4. The number of imidazole rings is 1. The van der Waals surface area contributed by atoms with Crippen LogP contribution < -0.4 is 14.2 Å². The van der Waals surface area contributed by atoms with E-state index >= 15 is 0 Å². The van der Waals surface area contributed by atoms with E-state index in [0.29, 0.717) is 40.2 Å². The number of benzene rings is 1. The standard InChI is InChI=1S/C22H20N4O5/c1-13-9-16(11-20(23-13)29-3)31-19-8-7-17-21(25-19)26(2)18(24-17)12-30-15-6-4-5-14(10-15)22(27)28/h4-11H,12H2,1-3H3,(H,27,28). The topological polar surface area (TPSA) is 109 Å². The molecule has 0 radical (unpaired) electrons. The van der Waals surface area contributed by atoms with Crippen LogP contribution in [0.15, 0.2) is 48.5 Å². The van der Waals surface area contributed by atoms with E-state index in [4.69, 9.17) is 19.3 Å². The number of aromatic nitrogens is 4. The predicted molar refractivity (Wildman–Crippen MR) is 112 cm³/mol.